The SMILES string of the molecule is CC1CN(C(=O)CCc2ncc(-c3ccccc3)o2)CCN1.Cl.Cl. The van der Waals surface area contributed by atoms with Crippen LogP contribution in [-0.2, 0) is 11.2 Å². The number of aromatic nitrogens is 1. The zero-order valence-corrected chi connectivity index (χ0v) is 15.2. The lowest BCUT2D eigenvalue weighted by Crippen LogP contribution is -2.51. The molecule has 132 valence electrons. The van der Waals surface area contributed by atoms with Crippen LogP contribution in [-0.4, -0.2) is 41.5 Å². The van der Waals surface area contributed by atoms with Crippen LogP contribution in [0, 0.1) is 0 Å². The lowest BCUT2D eigenvalue weighted by atomic mass is 10.2. The number of carbonyl (C=O) groups is 1. The summed E-state index contributed by atoms with van der Waals surface area (Å²) >= 11 is 0. The van der Waals surface area contributed by atoms with Crippen molar-refractivity contribution in [1.82, 2.24) is 15.2 Å². The monoisotopic (exact) mass is 371 g/mol. The van der Waals surface area contributed by atoms with Crippen LogP contribution in [0.5, 0.6) is 0 Å². The van der Waals surface area contributed by atoms with Crippen LogP contribution >= 0.6 is 24.8 Å². The molecule has 1 saturated heterocycles. The Labute approximate surface area is 154 Å². The van der Waals surface area contributed by atoms with E-state index < -0.39 is 0 Å². The number of piperazine rings is 1. The fourth-order valence-corrected chi connectivity index (χ4v) is 2.69. The van der Waals surface area contributed by atoms with Crippen molar-refractivity contribution in [2.75, 3.05) is 19.6 Å². The van der Waals surface area contributed by atoms with Gasteiger partial charge in [0.15, 0.2) is 11.7 Å². The van der Waals surface area contributed by atoms with Crippen molar-refractivity contribution < 1.29 is 9.21 Å². The van der Waals surface area contributed by atoms with Crippen LogP contribution in [0.1, 0.15) is 19.2 Å². The van der Waals surface area contributed by atoms with E-state index in [9.17, 15) is 4.79 Å². The van der Waals surface area contributed by atoms with Gasteiger partial charge in [-0.25, -0.2) is 4.98 Å². The molecule has 1 N–H and O–H groups in total. The highest BCUT2D eigenvalue weighted by Gasteiger charge is 2.20. The van der Waals surface area contributed by atoms with E-state index in [0.29, 0.717) is 24.8 Å². The number of oxazole rings is 1. The third-order valence-corrected chi connectivity index (χ3v) is 3.89. The van der Waals surface area contributed by atoms with Crippen molar-refractivity contribution in [1.29, 1.82) is 0 Å². The fraction of sp³-hybridized carbons (Fsp3) is 0.412. The second-order valence-electron chi connectivity index (χ2n) is 5.68. The zero-order chi connectivity index (χ0) is 15.4. The first-order valence-electron chi connectivity index (χ1n) is 7.73. The molecule has 24 heavy (non-hydrogen) atoms. The number of hydrogen-bond acceptors (Lipinski definition) is 4. The van der Waals surface area contributed by atoms with E-state index in [4.69, 9.17) is 4.42 Å². The van der Waals surface area contributed by atoms with E-state index in [1.54, 1.807) is 6.20 Å². The van der Waals surface area contributed by atoms with Crippen molar-refractivity contribution in [3.05, 3.63) is 42.4 Å². The molecule has 0 spiro atoms. The van der Waals surface area contributed by atoms with Gasteiger partial charge in [-0.2, -0.15) is 0 Å². The van der Waals surface area contributed by atoms with Gasteiger partial charge in [0.05, 0.1) is 6.20 Å². The van der Waals surface area contributed by atoms with Gasteiger partial charge in [0.25, 0.3) is 0 Å². The molecule has 1 amide bonds. The number of carbonyl (C=O) groups excluding carboxylic acids is 1. The summed E-state index contributed by atoms with van der Waals surface area (Å²) in [4.78, 5) is 18.4. The number of nitrogens with zero attached hydrogens (tertiary/aromatic N) is 2. The van der Waals surface area contributed by atoms with Gasteiger partial charge in [0.2, 0.25) is 5.91 Å². The van der Waals surface area contributed by atoms with E-state index >= 15 is 0 Å². The van der Waals surface area contributed by atoms with E-state index in [1.807, 2.05) is 35.2 Å². The maximum absolute atomic E-state index is 12.2. The number of hydrogen-bond donors (Lipinski definition) is 1. The van der Waals surface area contributed by atoms with Crippen LogP contribution in [0.15, 0.2) is 40.9 Å². The fourth-order valence-electron chi connectivity index (χ4n) is 2.69. The average Bonchev–Trinajstić information content (AvgIpc) is 3.02. The Balaban J connectivity index is 0.00000144. The molecule has 1 aliphatic heterocycles. The second-order valence-corrected chi connectivity index (χ2v) is 5.68. The second kappa shape index (κ2) is 9.67. The molecule has 5 nitrogen and oxygen atoms in total. The summed E-state index contributed by atoms with van der Waals surface area (Å²) in [5.41, 5.74) is 1.00. The Morgan fingerprint density at radius 2 is 2.08 bits per heavy atom. The lowest BCUT2D eigenvalue weighted by Gasteiger charge is -2.31. The number of nitrogens with one attached hydrogen (secondary N) is 1. The first-order valence-corrected chi connectivity index (χ1v) is 7.73. The Hall–Kier alpha value is -1.56. The minimum atomic E-state index is 0. The average molecular weight is 372 g/mol. The standard InChI is InChI=1S/C17H21N3O2.2ClH/c1-13-12-20(10-9-18-13)17(21)8-7-16-19-11-15(22-16)14-5-3-2-4-6-14;;/h2-6,11,13,18H,7-10,12H2,1H3;2*1H. The minimum Gasteiger partial charge on any atom is -0.441 e. The molecule has 1 atom stereocenters. The predicted octanol–water partition coefficient (Wildman–Crippen LogP) is 2.94. The van der Waals surface area contributed by atoms with Gasteiger partial charge in [-0.1, -0.05) is 30.3 Å². The van der Waals surface area contributed by atoms with Crippen molar-refractivity contribution in [3.63, 3.8) is 0 Å². The van der Waals surface area contributed by atoms with Gasteiger partial charge in [-0.05, 0) is 6.92 Å². The molecule has 0 saturated carbocycles. The van der Waals surface area contributed by atoms with E-state index in [-0.39, 0.29) is 30.7 Å². The summed E-state index contributed by atoms with van der Waals surface area (Å²) < 4.78 is 5.73. The first-order chi connectivity index (χ1) is 10.7. The molecule has 0 radical (unpaired) electrons. The molecule has 1 aromatic carbocycles. The maximum Gasteiger partial charge on any atom is 0.223 e. The highest BCUT2D eigenvalue weighted by molar-refractivity contribution is 5.85. The number of amides is 1. The summed E-state index contributed by atoms with van der Waals surface area (Å²) in [5.74, 6) is 1.54. The number of aryl methyl sites for hydroxylation is 1. The van der Waals surface area contributed by atoms with Gasteiger partial charge < -0.3 is 14.6 Å². The third kappa shape index (κ3) is 5.23. The molecular formula is C17H23Cl2N3O2. The van der Waals surface area contributed by atoms with Crippen LogP contribution in [0.25, 0.3) is 11.3 Å². The van der Waals surface area contributed by atoms with Crippen molar-refractivity contribution in [3.8, 4) is 11.3 Å². The highest BCUT2D eigenvalue weighted by Crippen LogP contribution is 2.20. The van der Waals surface area contributed by atoms with Crippen LogP contribution in [0.4, 0.5) is 0 Å². The minimum absolute atomic E-state index is 0. The maximum atomic E-state index is 12.2. The van der Waals surface area contributed by atoms with Gasteiger partial charge >= 0.3 is 0 Å². The molecule has 1 unspecified atom stereocenters. The summed E-state index contributed by atoms with van der Waals surface area (Å²) in [6.45, 7) is 4.52. The molecule has 7 heteroatoms. The Bertz CT molecular complexity index is 634. The molecule has 0 aliphatic carbocycles. The highest BCUT2D eigenvalue weighted by atomic mass is 35.5. The molecule has 2 aromatic rings. The Morgan fingerprint density at radius 3 is 2.79 bits per heavy atom. The van der Waals surface area contributed by atoms with Gasteiger partial charge in [-0.3, -0.25) is 4.79 Å². The van der Waals surface area contributed by atoms with Crippen molar-refractivity contribution >= 4 is 30.7 Å². The largest absolute Gasteiger partial charge is 0.441 e. The van der Waals surface area contributed by atoms with Crippen LogP contribution in [0.2, 0.25) is 0 Å². The normalized spacial score (nSPS) is 16.9. The summed E-state index contributed by atoms with van der Waals surface area (Å²) in [7, 11) is 0. The number of rotatable bonds is 4. The molecule has 1 fully saturated rings. The number of halogens is 2. The Morgan fingerprint density at radius 1 is 1.33 bits per heavy atom. The summed E-state index contributed by atoms with van der Waals surface area (Å²) in [6, 6.07) is 10.2. The molecular weight excluding hydrogens is 349 g/mol. The smallest absolute Gasteiger partial charge is 0.223 e. The van der Waals surface area contributed by atoms with Gasteiger partial charge in [-0.15, -0.1) is 24.8 Å². The quantitative estimate of drug-likeness (QED) is 0.897. The van der Waals surface area contributed by atoms with Crippen molar-refractivity contribution in [2.45, 2.75) is 25.8 Å². The molecule has 2 heterocycles. The van der Waals surface area contributed by atoms with E-state index in [1.165, 1.54) is 0 Å². The van der Waals surface area contributed by atoms with Crippen LogP contribution < -0.4 is 5.32 Å². The topological polar surface area (TPSA) is 58.4 Å². The molecule has 3 rings (SSSR count). The van der Waals surface area contributed by atoms with Crippen molar-refractivity contribution in [2.24, 2.45) is 0 Å². The third-order valence-electron chi connectivity index (χ3n) is 3.89. The first kappa shape index (κ1) is 20.5. The molecule has 0 bridgehead atoms. The summed E-state index contributed by atoms with van der Waals surface area (Å²) in [6.07, 6.45) is 2.72. The van der Waals surface area contributed by atoms with E-state index in [2.05, 4.69) is 17.2 Å². The molecule has 1 aromatic heterocycles. The Kier molecular flexibility index (Phi) is 8.25. The van der Waals surface area contributed by atoms with Gasteiger partial charge in [0, 0.05) is 44.1 Å². The predicted molar refractivity (Wildman–Crippen MR) is 98.8 cm³/mol. The lowest BCUT2D eigenvalue weighted by molar-refractivity contribution is -0.132. The van der Waals surface area contributed by atoms with E-state index in [0.717, 1.165) is 31.0 Å². The summed E-state index contributed by atoms with van der Waals surface area (Å²) in [5, 5.41) is 3.34. The van der Waals surface area contributed by atoms with Crippen LogP contribution in [0.3, 0.4) is 0 Å². The molecule has 1 aliphatic rings. The van der Waals surface area contributed by atoms with Gasteiger partial charge in [0.1, 0.15) is 0 Å². The number of benzene rings is 1. The zero-order valence-electron chi connectivity index (χ0n) is 13.6.